The van der Waals surface area contributed by atoms with Crippen LogP contribution in [-0.2, 0) is 0 Å². The molecule has 8 aromatic rings. The van der Waals surface area contributed by atoms with E-state index in [4.69, 9.17) is 18.4 Å². The second kappa shape index (κ2) is 10.7. The van der Waals surface area contributed by atoms with Crippen molar-refractivity contribution < 1.29 is 22.6 Å². The lowest BCUT2D eigenvalue weighted by atomic mass is 10.0. The number of aryl methyl sites for hydroxylation is 3. The molecular weight excluding hydrogens is 597 g/mol. The molecule has 0 aliphatic carbocycles. The molecule has 0 N–H and O–H groups in total. The van der Waals surface area contributed by atoms with Crippen molar-refractivity contribution in [3.8, 4) is 17.3 Å². The predicted octanol–water partition coefficient (Wildman–Crippen LogP) is 11.0. The van der Waals surface area contributed by atoms with Gasteiger partial charge in [-0.05, 0) is 80.3 Å². The lowest BCUT2D eigenvalue weighted by Crippen LogP contribution is -2.25. The molecule has 4 heterocycles. The molecule has 0 unspecified atom stereocenters. The Labute approximate surface area is 295 Å². The quantitative estimate of drug-likeness (QED) is 0.187. The highest BCUT2D eigenvalue weighted by molar-refractivity contribution is 7.26. The molecule has 0 amide bonds. The van der Waals surface area contributed by atoms with Crippen LogP contribution >= 0.6 is 11.3 Å². The maximum Gasteiger partial charge on any atom is 0.137 e. The van der Waals surface area contributed by atoms with Gasteiger partial charge in [-0.15, -0.1) is 11.3 Å². The second-order valence-corrected chi connectivity index (χ2v) is 12.4. The fraction of sp³-hybridized carbons (Fsp3) is 0.0976. The largest absolute Gasteiger partial charge is 0.457 e. The van der Waals surface area contributed by atoms with E-state index in [9.17, 15) is 4.11 Å². The Bertz CT molecular complexity index is 3230. The molecule has 228 valence electrons. The van der Waals surface area contributed by atoms with Gasteiger partial charge in [0.05, 0.1) is 35.5 Å². The molecule has 0 bridgehead atoms. The molecule has 0 saturated carbocycles. The number of aromatic nitrogens is 2. The SMILES string of the molecule is [2H]C1=C([2H])N(c2c(C)cc(C)cc2C)CN1c1cc(Oc2cc3c(c([2H])c2[2H])c2c([2H])c([2H])c4sc5c([2H])c([2H])c([2H])c([2H])c5c4c2n3-c2ccccn2)c([2H])c([2H])c1[2H]. The van der Waals surface area contributed by atoms with Crippen LogP contribution in [0.2, 0.25) is 0 Å². The van der Waals surface area contributed by atoms with Crippen LogP contribution in [0.3, 0.4) is 0 Å². The highest BCUT2D eigenvalue weighted by Gasteiger charge is 2.21. The first kappa shape index (κ1) is 17.4. The number of hydrogen-bond donors (Lipinski definition) is 0. The third-order valence-electron chi connectivity index (χ3n) is 8.20. The summed E-state index contributed by atoms with van der Waals surface area (Å²) in [6, 6.07) is 7.47. The fourth-order valence-corrected chi connectivity index (χ4v) is 7.36. The van der Waals surface area contributed by atoms with Gasteiger partial charge in [0.25, 0.3) is 0 Å². The van der Waals surface area contributed by atoms with Gasteiger partial charge in [0, 0.05) is 73.0 Å². The first-order valence-corrected chi connectivity index (χ1v) is 15.7. The maximum absolute atomic E-state index is 9.36. The van der Waals surface area contributed by atoms with Gasteiger partial charge in [0.2, 0.25) is 0 Å². The molecule has 9 rings (SSSR count). The molecule has 0 atom stereocenters. The van der Waals surface area contributed by atoms with Gasteiger partial charge in [0.15, 0.2) is 0 Å². The van der Waals surface area contributed by atoms with Gasteiger partial charge in [-0.1, -0.05) is 54.0 Å². The van der Waals surface area contributed by atoms with Crippen LogP contribution in [0.25, 0.3) is 47.8 Å². The van der Waals surface area contributed by atoms with Gasteiger partial charge >= 0.3 is 0 Å². The number of benzene rings is 5. The normalized spacial score (nSPS) is 17.5. The first-order valence-electron chi connectivity index (χ1n) is 21.3. The number of thiophene rings is 1. The zero-order valence-electron chi connectivity index (χ0n) is 38.4. The standard InChI is InChI=1S/C41H32N4OS/c1-26-21-27(2)40(28(3)22-26)44-20-19-43(25-44)29-9-8-10-30(23-29)46-31-14-15-32-33-16-17-37-39(34-11-4-5-12-36(34)47-37)41(33)45(35(32)24-31)38-13-6-7-18-42-38/h4-24H,25H2,1-3H3/i4D,5D,8D,9D,10D,11D,12D,14D,15D,16D,17D,19D,20D. The Morgan fingerprint density at radius 2 is 1.55 bits per heavy atom. The highest BCUT2D eigenvalue weighted by Crippen LogP contribution is 2.43. The Kier molecular flexibility index (Phi) is 3.97. The molecule has 5 nitrogen and oxygen atoms in total. The topological polar surface area (TPSA) is 33.5 Å². The van der Waals surface area contributed by atoms with E-state index in [-0.39, 0.29) is 108 Å². The van der Waals surface area contributed by atoms with Crippen LogP contribution in [-0.4, -0.2) is 16.2 Å². The van der Waals surface area contributed by atoms with Crippen LogP contribution in [0.4, 0.5) is 11.4 Å². The zero-order valence-corrected chi connectivity index (χ0v) is 26.2. The summed E-state index contributed by atoms with van der Waals surface area (Å²) in [5.74, 6) is -0.184. The Hall–Kier alpha value is -5.59. The Balaban J connectivity index is 1.28. The molecule has 0 radical (unpaired) electrons. The Morgan fingerprint density at radius 1 is 0.745 bits per heavy atom. The van der Waals surface area contributed by atoms with Crippen molar-refractivity contribution in [2.24, 2.45) is 0 Å². The van der Waals surface area contributed by atoms with Gasteiger partial charge in [-0.2, -0.15) is 0 Å². The molecule has 1 aliphatic rings. The number of ether oxygens (including phenoxy) is 1. The molecule has 6 heteroatoms. The van der Waals surface area contributed by atoms with Crippen molar-refractivity contribution in [3.05, 3.63) is 144 Å². The summed E-state index contributed by atoms with van der Waals surface area (Å²) in [5, 5.41) is 0.596. The van der Waals surface area contributed by atoms with Crippen LogP contribution < -0.4 is 14.5 Å². The molecule has 0 saturated heterocycles. The Morgan fingerprint density at radius 3 is 2.40 bits per heavy atom. The highest BCUT2D eigenvalue weighted by atomic mass is 32.1. The van der Waals surface area contributed by atoms with E-state index < -0.39 is 36.3 Å². The fourth-order valence-electron chi connectivity index (χ4n) is 6.40. The molecule has 0 spiro atoms. The summed E-state index contributed by atoms with van der Waals surface area (Å²) < 4.78 is 124. The van der Waals surface area contributed by atoms with Crippen LogP contribution in [0.15, 0.2) is 127 Å². The van der Waals surface area contributed by atoms with E-state index in [2.05, 4.69) is 4.98 Å². The minimum absolute atomic E-state index is 0.0186. The zero-order chi connectivity index (χ0) is 43.0. The lowest BCUT2D eigenvalue weighted by molar-refractivity contribution is 0.483. The minimum atomic E-state index is -0.526. The monoisotopic (exact) mass is 641 g/mol. The number of fused-ring (bicyclic) bond motifs is 7. The van der Waals surface area contributed by atoms with Crippen LogP contribution in [0.1, 0.15) is 34.5 Å². The third-order valence-corrected chi connectivity index (χ3v) is 9.22. The van der Waals surface area contributed by atoms with E-state index >= 15 is 0 Å². The van der Waals surface area contributed by atoms with Gasteiger partial charge in [-0.25, -0.2) is 4.98 Å². The lowest BCUT2D eigenvalue weighted by Gasteiger charge is -2.25. The summed E-state index contributed by atoms with van der Waals surface area (Å²) in [7, 11) is 0. The van der Waals surface area contributed by atoms with Gasteiger partial charge in [0.1, 0.15) is 17.3 Å². The summed E-state index contributed by atoms with van der Waals surface area (Å²) in [6.07, 6.45) is 1.17. The summed E-state index contributed by atoms with van der Waals surface area (Å²) >= 11 is 0.974. The van der Waals surface area contributed by atoms with Crippen molar-refractivity contribution >= 4 is 64.7 Å². The van der Waals surface area contributed by atoms with Crippen molar-refractivity contribution in [2.45, 2.75) is 20.8 Å². The molecule has 5 aromatic carbocycles. The molecular formula is C41H32N4OS. The molecule has 47 heavy (non-hydrogen) atoms. The van der Waals surface area contributed by atoms with Crippen molar-refractivity contribution in [2.75, 3.05) is 16.5 Å². The molecule has 0 fully saturated rings. The van der Waals surface area contributed by atoms with E-state index in [1.54, 1.807) is 27.7 Å². The van der Waals surface area contributed by atoms with E-state index in [0.717, 1.165) is 33.7 Å². The van der Waals surface area contributed by atoms with Crippen molar-refractivity contribution in [3.63, 3.8) is 0 Å². The summed E-state index contributed by atoms with van der Waals surface area (Å²) in [4.78, 5) is 7.59. The van der Waals surface area contributed by atoms with Gasteiger partial charge in [-0.3, -0.25) is 4.57 Å². The summed E-state index contributed by atoms with van der Waals surface area (Å²) in [5.41, 5.74) is 4.05. The minimum Gasteiger partial charge on any atom is -0.457 e. The van der Waals surface area contributed by atoms with Gasteiger partial charge < -0.3 is 14.5 Å². The van der Waals surface area contributed by atoms with E-state index in [1.165, 1.54) is 23.2 Å². The first-order chi connectivity index (χ1) is 28.4. The van der Waals surface area contributed by atoms with E-state index in [1.807, 2.05) is 32.9 Å². The number of pyridine rings is 1. The summed E-state index contributed by atoms with van der Waals surface area (Å²) in [6.45, 7) is 5.77. The van der Waals surface area contributed by atoms with Crippen LogP contribution in [0.5, 0.6) is 11.5 Å². The number of rotatable bonds is 5. The average molecular weight is 642 g/mol. The smallest absolute Gasteiger partial charge is 0.137 e. The molecule has 3 aromatic heterocycles. The third kappa shape index (κ3) is 4.55. The average Bonchev–Trinajstić information content (AvgIpc) is 3.87. The maximum atomic E-state index is 9.36. The van der Waals surface area contributed by atoms with E-state index in [0.29, 0.717) is 5.82 Å². The second-order valence-electron chi connectivity index (χ2n) is 11.4. The predicted molar refractivity (Wildman–Crippen MR) is 198 cm³/mol. The number of anilines is 2. The molecule has 1 aliphatic heterocycles. The van der Waals surface area contributed by atoms with Crippen molar-refractivity contribution in [1.82, 2.24) is 9.55 Å². The number of nitrogens with zero attached hydrogens (tertiary/aromatic N) is 4. The number of hydrogen-bond acceptors (Lipinski definition) is 5. The van der Waals surface area contributed by atoms with Crippen molar-refractivity contribution in [1.29, 1.82) is 0 Å². The van der Waals surface area contributed by atoms with Crippen LogP contribution in [0, 0.1) is 20.8 Å².